The van der Waals surface area contributed by atoms with Gasteiger partial charge in [0.15, 0.2) is 0 Å². The van der Waals surface area contributed by atoms with E-state index in [9.17, 15) is 4.79 Å². The lowest BCUT2D eigenvalue weighted by molar-refractivity contribution is 0.340. The molecular weight excluding hydrogens is 387 g/mol. The zero-order chi connectivity index (χ0) is 19.2. The van der Waals surface area contributed by atoms with Crippen molar-refractivity contribution in [3.8, 4) is 11.4 Å². The van der Waals surface area contributed by atoms with Crippen LogP contribution in [0.1, 0.15) is 12.5 Å². The first-order valence-corrected chi connectivity index (χ1v) is 8.90. The van der Waals surface area contributed by atoms with Gasteiger partial charge >= 0.3 is 0 Å². The highest BCUT2D eigenvalue weighted by molar-refractivity contribution is 6.33. The summed E-state index contributed by atoms with van der Waals surface area (Å²) in [6.45, 7) is 2.42. The van der Waals surface area contributed by atoms with Crippen molar-refractivity contribution in [2.45, 2.75) is 6.92 Å². The molecule has 1 aromatic heterocycles. The van der Waals surface area contributed by atoms with Crippen LogP contribution in [-0.2, 0) is 0 Å². The maximum atomic E-state index is 12.4. The molecule has 3 aromatic rings. The van der Waals surface area contributed by atoms with E-state index in [4.69, 9.17) is 27.9 Å². The molecule has 138 valence electrons. The SMILES string of the molecule is CCOc1ccc(/C=N\Nc2cnn(-c3ccccc3)c(=O)c2Cl)cc1Cl. The van der Waals surface area contributed by atoms with Gasteiger partial charge < -0.3 is 4.74 Å². The third-order valence-electron chi connectivity index (χ3n) is 3.57. The van der Waals surface area contributed by atoms with Gasteiger partial charge in [-0.15, -0.1) is 0 Å². The lowest BCUT2D eigenvalue weighted by Crippen LogP contribution is -2.22. The van der Waals surface area contributed by atoms with Crippen LogP contribution in [0, 0.1) is 0 Å². The number of hydrogen-bond acceptors (Lipinski definition) is 5. The fourth-order valence-electron chi connectivity index (χ4n) is 2.31. The number of benzene rings is 2. The van der Waals surface area contributed by atoms with E-state index in [1.807, 2.05) is 31.2 Å². The van der Waals surface area contributed by atoms with Crippen molar-refractivity contribution < 1.29 is 4.74 Å². The molecule has 0 spiro atoms. The monoisotopic (exact) mass is 402 g/mol. The van der Waals surface area contributed by atoms with Gasteiger partial charge in [0.1, 0.15) is 16.5 Å². The summed E-state index contributed by atoms with van der Waals surface area (Å²) < 4.78 is 6.61. The summed E-state index contributed by atoms with van der Waals surface area (Å²) in [6.07, 6.45) is 3.00. The third kappa shape index (κ3) is 4.48. The number of ether oxygens (including phenoxy) is 1. The predicted molar refractivity (Wildman–Crippen MR) is 109 cm³/mol. The largest absolute Gasteiger partial charge is 0.492 e. The third-order valence-corrected chi connectivity index (χ3v) is 4.23. The molecule has 0 saturated carbocycles. The summed E-state index contributed by atoms with van der Waals surface area (Å²) in [5.74, 6) is 0.612. The number of hydrazone groups is 1. The molecule has 0 unspecified atom stereocenters. The second-order valence-electron chi connectivity index (χ2n) is 5.42. The Kier molecular flexibility index (Phi) is 6.11. The molecule has 0 atom stereocenters. The van der Waals surface area contributed by atoms with E-state index in [2.05, 4.69) is 15.6 Å². The summed E-state index contributed by atoms with van der Waals surface area (Å²) in [5.41, 5.74) is 3.99. The van der Waals surface area contributed by atoms with Crippen LogP contribution in [0.25, 0.3) is 5.69 Å². The van der Waals surface area contributed by atoms with Crippen molar-refractivity contribution in [2.75, 3.05) is 12.0 Å². The van der Waals surface area contributed by atoms with Gasteiger partial charge in [0.05, 0.1) is 29.7 Å². The average Bonchev–Trinajstić information content (AvgIpc) is 2.68. The van der Waals surface area contributed by atoms with Gasteiger partial charge in [-0.1, -0.05) is 41.4 Å². The fourth-order valence-corrected chi connectivity index (χ4v) is 2.72. The second-order valence-corrected chi connectivity index (χ2v) is 6.20. The van der Waals surface area contributed by atoms with Gasteiger partial charge in [0.25, 0.3) is 5.56 Å². The van der Waals surface area contributed by atoms with Crippen LogP contribution >= 0.6 is 23.2 Å². The number of hydrogen-bond donors (Lipinski definition) is 1. The van der Waals surface area contributed by atoms with Crippen molar-refractivity contribution >= 4 is 35.1 Å². The molecule has 0 aliphatic carbocycles. The fraction of sp³-hybridized carbons (Fsp3) is 0.105. The van der Waals surface area contributed by atoms with Crippen LogP contribution in [0.2, 0.25) is 10.0 Å². The Morgan fingerprint density at radius 3 is 2.70 bits per heavy atom. The molecule has 0 bridgehead atoms. The van der Waals surface area contributed by atoms with Gasteiger partial charge in [-0.2, -0.15) is 14.9 Å². The summed E-state index contributed by atoms with van der Waals surface area (Å²) >= 11 is 12.3. The molecule has 0 radical (unpaired) electrons. The highest BCUT2D eigenvalue weighted by atomic mass is 35.5. The quantitative estimate of drug-likeness (QED) is 0.490. The van der Waals surface area contributed by atoms with Crippen LogP contribution in [0.3, 0.4) is 0 Å². The van der Waals surface area contributed by atoms with Crippen molar-refractivity contribution in [1.29, 1.82) is 0 Å². The lowest BCUT2D eigenvalue weighted by atomic mass is 10.2. The average molecular weight is 403 g/mol. The highest BCUT2D eigenvalue weighted by Crippen LogP contribution is 2.25. The summed E-state index contributed by atoms with van der Waals surface area (Å²) in [7, 11) is 0. The number of aromatic nitrogens is 2. The summed E-state index contributed by atoms with van der Waals surface area (Å²) in [6, 6.07) is 14.3. The van der Waals surface area contributed by atoms with Gasteiger partial charge in [-0.3, -0.25) is 10.2 Å². The van der Waals surface area contributed by atoms with E-state index in [1.54, 1.807) is 30.5 Å². The standard InChI is InChI=1S/C19H16Cl2N4O2/c1-2-27-17-9-8-13(10-15(17)20)11-22-24-16-12-23-25(19(26)18(16)21)14-6-4-3-5-7-14/h3-12,24H,2H2,1H3/b22-11-. The first kappa shape index (κ1) is 18.9. The van der Waals surface area contributed by atoms with Crippen LogP contribution in [0.4, 0.5) is 5.69 Å². The number of nitrogens with one attached hydrogen (secondary N) is 1. The number of para-hydroxylation sites is 1. The smallest absolute Gasteiger partial charge is 0.292 e. The molecule has 1 N–H and O–H groups in total. The Hall–Kier alpha value is -2.83. The Bertz CT molecular complexity index is 1020. The minimum atomic E-state index is -0.438. The molecule has 0 saturated heterocycles. The topological polar surface area (TPSA) is 68.5 Å². The molecule has 0 fully saturated rings. The molecular formula is C19H16Cl2N4O2. The van der Waals surface area contributed by atoms with E-state index >= 15 is 0 Å². The van der Waals surface area contributed by atoms with E-state index in [-0.39, 0.29) is 5.02 Å². The predicted octanol–water partition coefficient (Wildman–Crippen LogP) is 4.38. The molecule has 3 rings (SSSR count). The number of rotatable bonds is 6. The molecule has 2 aromatic carbocycles. The lowest BCUT2D eigenvalue weighted by Gasteiger charge is -2.08. The van der Waals surface area contributed by atoms with Gasteiger partial charge in [-0.05, 0) is 42.8 Å². The Morgan fingerprint density at radius 2 is 2.00 bits per heavy atom. The Balaban J connectivity index is 1.77. The Morgan fingerprint density at radius 1 is 1.22 bits per heavy atom. The van der Waals surface area contributed by atoms with Crippen LogP contribution in [-0.4, -0.2) is 22.6 Å². The molecule has 27 heavy (non-hydrogen) atoms. The van der Waals surface area contributed by atoms with E-state index in [0.717, 1.165) is 5.56 Å². The number of anilines is 1. The van der Waals surface area contributed by atoms with Crippen molar-refractivity contribution in [3.63, 3.8) is 0 Å². The zero-order valence-electron chi connectivity index (χ0n) is 14.4. The van der Waals surface area contributed by atoms with E-state index < -0.39 is 5.56 Å². The van der Waals surface area contributed by atoms with Gasteiger partial charge in [-0.25, -0.2) is 0 Å². The van der Waals surface area contributed by atoms with E-state index in [0.29, 0.717) is 28.8 Å². The molecule has 0 aliphatic rings. The molecule has 0 aliphatic heterocycles. The number of halogens is 2. The Labute approximate surface area is 166 Å². The summed E-state index contributed by atoms with van der Waals surface area (Å²) in [4.78, 5) is 12.4. The van der Waals surface area contributed by atoms with E-state index in [1.165, 1.54) is 10.9 Å². The minimum absolute atomic E-state index is 0.00395. The van der Waals surface area contributed by atoms with Crippen molar-refractivity contribution in [3.05, 3.63) is 80.7 Å². The van der Waals surface area contributed by atoms with Crippen LogP contribution < -0.4 is 15.7 Å². The summed E-state index contributed by atoms with van der Waals surface area (Å²) in [5, 5.41) is 8.70. The minimum Gasteiger partial charge on any atom is -0.492 e. The highest BCUT2D eigenvalue weighted by Gasteiger charge is 2.10. The maximum Gasteiger partial charge on any atom is 0.292 e. The molecule has 1 heterocycles. The van der Waals surface area contributed by atoms with Crippen LogP contribution in [0.5, 0.6) is 5.75 Å². The zero-order valence-corrected chi connectivity index (χ0v) is 15.9. The maximum absolute atomic E-state index is 12.4. The normalized spacial score (nSPS) is 10.9. The molecule has 0 amide bonds. The molecule has 6 nitrogen and oxygen atoms in total. The van der Waals surface area contributed by atoms with Gasteiger partial charge in [0.2, 0.25) is 0 Å². The van der Waals surface area contributed by atoms with Crippen LogP contribution in [0.15, 0.2) is 64.6 Å². The molecule has 8 heteroatoms. The first-order valence-electron chi connectivity index (χ1n) is 8.15. The van der Waals surface area contributed by atoms with Gasteiger partial charge in [0, 0.05) is 0 Å². The number of nitrogens with zero attached hydrogens (tertiary/aromatic N) is 3. The van der Waals surface area contributed by atoms with Crippen molar-refractivity contribution in [2.24, 2.45) is 5.10 Å². The van der Waals surface area contributed by atoms with Crippen molar-refractivity contribution in [1.82, 2.24) is 9.78 Å². The second kappa shape index (κ2) is 8.70. The first-order chi connectivity index (χ1) is 13.1.